The van der Waals surface area contributed by atoms with Crippen molar-refractivity contribution >= 4 is 40.1 Å². The Kier molecular flexibility index (Phi) is 4.44. The minimum atomic E-state index is -0.470. The van der Waals surface area contributed by atoms with Crippen LogP contribution in [0.5, 0.6) is 0 Å². The van der Waals surface area contributed by atoms with E-state index in [1.165, 1.54) is 16.9 Å². The zero-order valence-electron chi connectivity index (χ0n) is 11.9. The minimum absolute atomic E-state index is 0.0917. The largest absolute Gasteiger partial charge is 0.461 e. The zero-order chi connectivity index (χ0) is 15.5. The molecule has 3 rings (SSSR count). The molecule has 22 heavy (non-hydrogen) atoms. The summed E-state index contributed by atoms with van der Waals surface area (Å²) in [6.45, 7) is 2.04. The smallest absolute Gasteiger partial charge is 0.357 e. The van der Waals surface area contributed by atoms with Crippen molar-refractivity contribution in [3.63, 3.8) is 0 Å². The molecule has 1 aliphatic rings. The van der Waals surface area contributed by atoms with Crippen LogP contribution in [0, 0.1) is 0 Å². The summed E-state index contributed by atoms with van der Waals surface area (Å²) in [5, 5.41) is 4.62. The van der Waals surface area contributed by atoms with Gasteiger partial charge in [0, 0.05) is 10.3 Å². The van der Waals surface area contributed by atoms with Crippen molar-refractivity contribution in [3.05, 3.63) is 40.9 Å². The Labute approximate surface area is 136 Å². The normalized spacial score (nSPS) is 16.1. The lowest BCUT2D eigenvalue weighted by atomic mass is 10.1. The van der Waals surface area contributed by atoms with Crippen molar-refractivity contribution in [1.29, 1.82) is 0 Å². The van der Waals surface area contributed by atoms with Crippen molar-refractivity contribution in [2.45, 2.75) is 23.5 Å². The highest BCUT2D eigenvalue weighted by atomic mass is 32.2. The highest BCUT2D eigenvalue weighted by molar-refractivity contribution is 8.01. The van der Waals surface area contributed by atoms with E-state index in [9.17, 15) is 9.59 Å². The molecule has 0 saturated heterocycles. The third-order valence-electron chi connectivity index (χ3n) is 3.16. The SMILES string of the molecule is CCOC(=O)c1csc(NC(=O)C2Cc3ccccc3S2)n1. The molecular formula is C15H14N2O3S2. The fraction of sp³-hybridized carbons (Fsp3) is 0.267. The van der Waals surface area contributed by atoms with Crippen LogP contribution in [0.25, 0.3) is 0 Å². The van der Waals surface area contributed by atoms with Gasteiger partial charge in [0.05, 0.1) is 11.9 Å². The number of carbonyl (C=O) groups is 2. The van der Waals surface area contributed by atoms with Gasteiger partial charge >= 0.3 is 5.97 Å². The first kappa shape index (κ1) is 15.1. The van der Waals surface area contributed by atoms with E-state index in [1.807, 2.05) is 24.3 Å². The van der Waals surface area contributed by atoms with E-state index < -0.39 is 5.97 Å². The quantitative estimate of drug-likeness (QED) is 0.871. The number of carbonyl (C=O) groups excluding carboxylic acids is 2. The van der Waals surface area contributed by atoms with Crippen LogP contribution >= 0.6 is 23.1 Å². The molecule has 0 aliphatic carbocycles. The lowest BCUT2D eigenvalue weighted by Gasteiger charge is -2.07. The van der Waals surface area contributed by atoms with Crippen LogP contribution in [-0.4, -0.2) is 28.7 Å². The van der Waals surface area contributed by atoms with Crippen molar-refractivity contribution in [1.82, 2.24) is 4.98 Å². The molecule has 2 heterocycles. The van der Waals surface area contributed by atoms with Gasteiger partial charge in [-0.3, -0.25) is 4.79 Å². The van der Waals surface area contributed by atoms with Crippen molar-refractivity contribution in [3.8, 4) is 0 Å². The van der Waals surface area contributed by atoms with Gasteiger partial charge in [-0.25, -0.2) is 9.78 Å². The van der Waals surface area contributed by atoms with E-state index >= 15 is 0 Å². The molecule has 114 valence electrons. The van der Waals surface area contributed by atoms with Crippen molar-refractivity contribution in [2.24, 2.45) is 0 Å². The summed E-state index contributed by atoms with van der Waals surface area (Å²) >= 11 is 2.78. The zero-order valence-corrected chi connectivity index (χ0v) is 13.5. The molecule has 1 unspecified atom stereocenters. The van der Waals surface area contributed by atoms with Crippen LogP contribution < -0.4 is 5.32 Å². The molecular weight excluding hydrogens is 320 g/mol. The maximum atomic E-state index is 12.3. The molecule has 1 aromatic heterocycles. The molecule has 0 bridgehead atoms. The summed E-state index contributed by atoms with van der Waals surface area (Å²) in [5.74, 6) is -0.562. The first-order valence-electron chi connectivity index (χ1n) is 6.85. The van der Waals surface area contributed by atoms with E-state index in [0.717, 1.165) is 4.90 Å². The maximum Gasteiger partial charge on any atom is 0.357 e. The Morgan fingerprint density at radius 2 is 2.23 bits per heavy atom. The van der Waals surface area contributed by atoms with Gasteiger partial charge in [-0.15, -0.1) is 23.1 Å². The number of anilines is 1. The summed E-state index contributed by atoms with van der Waals surface area (Å²) in [5.41, 5.74) is 1.42. The van der Waals surface area contributed by atoms with Crippen LogP contribution in [0.15, 0.2) is 34.5 Å². The van der Waals surface area contributed by atoms with Crippen LogP contribution in [0.2, 0.25) is 0 Å². The number of aromatic nitrogens is 1. The number of thiazole rings is 1. The van der Waals surface area contributed by atoms with Gasteiger partial charge in [-0.1, -0.05) is 18.2 Å². The summed E-state index contributed by atoms with van der Waals surface area (Å²) in [7, 11) is 0. The maximum absolute atomic E-state index is 12.3. The first-order chi connectivity index (χ1) is 10.7. The number of nitrogens with zero attached hydrogens (tertiary/aromatic N) is 1. The number of nitrogens with one attached hydrogen (secondary N) is 1. The standard InChI is InChI=1S/C15H14N2O3S2/c1-2-20-14(19)10-8-21-15(16-10)17-13(18)12-7-9-5-3-4-6-11(9)22-12/h3-6,8,12H,2,7H2,1H3,(H,16,17,18). The van der Waals surface area contributed by atoms with Crippen LogP contribution in [0.1, 0.15) is 23.0 Å². The highest BCUT2D eigenvalue weighted by Crippen LogP contribution is 2.37. The number of ether oxygens (including phenoxy) is 1. The average molecular weight is 334 g/mol. The molecule has 1 atom stereocenters. The summed E-state index contributed by atoms with van der Waals surface area (Å²) in [6, 6.07) is 8.01. The fourth-order valence-electron chi connectivity index (χ4n) is 2.14. The third kappa shape index (κ3) is 3.15. The fourth-order valence-corrected chi connectivity index (χ4v) is 4.02. The van der Waals surface area contributed by atoms with E-state index in [2.05, 4.69) is 10.3 Å². The van der Waals surface area contributed by atoms with E-state index in [0.29, 0.717) is 18.2 Å². The lowest BCUT2D eigenvalue weighted by molar-refractivity contribution is -0.115. The molecule has 5 nitrogen and oxygen atoms in total. The molecule has 2 aromatic rings. The first-order valence-corrected chi connectivity index (χ1v) is 8.61. The van der Waals surface area contributed by atoms with Gasteiger partial charge in [-0.05, 0) is 25.0 Å². The van der Waals surface area contributed by atoms with Crippen LogP contribution in [-0.2, 0) is 16.0 Å². The molecule has 0 radical (unpaired) electrons. The second-order valence-corrected chi connectivity index (χ2v) is 6.77. The summed E-state index contributed by atoms with van der Waals surface area (Å²) in [6.07, 6.45) is 0.711. The van der Waals surface area contributed by atoms with Gasteiger partial charge in [0.2, 0.25) is 5.91 Å². The number of thioether (sulfide) groups is 1. The Balaban J connectivity index is 1.62. The number of amides is 1. The number of hydrogen-bond acceptors (Lipinski definition) is 6. The minimum Gasteiger partial charge on any atom is -0.461 e. The van der Waals surface area contributed by atoms with Gasteiger partial charge < -0.3 is 10.1 Å². The number of hydrogen-bond donors (Lipinski definition) is 1. The van der Waals surface area contributed by atoms with Gasteiger partial charge in [0.1, 0.15) is 0 Å². The topological polar surface area (TPSA) is 68.3 Å². The predicted octanol–water partition coefficient (Wildman–Crippen LogP) is 2.98. The third-order valence-corrected chi connectivity index (χ3v) is 5.23. The molecule has 1 aromatic carbocycles. The Bertz CT molecular complexity index is 689. The Hall–Kier alpha value is -1.86. The number of fused-ring (bicyclic) bond motifs is 1. The Morgan fingerprint density at radius 1 is 1.41 bits per heavy atom. The average Bonchev–Trinajstić information content (AvgIpc) is 3.13. The van der Waals surface area contributed by atoms with Gasteiger partial charge in [-0.2, -0.15) is 0 Å². The summed E-state index contributed by atoms with van der Waals surface area (Å²) < 4.78 is 4.88. The van der Waals surface area contributed by atoms with Crippen LogP contribution in [0.3, 0.4) is 0 Å². The second-order valence-electron chi connectivity index (χ2n) is 4.67. The predicted molar refractivity (Wildman–Crippen MR) is 86.5 cm³/mol. The van der Waals surface area contributed by atoms with Gasteiger partial charge in [0.15, 0.2) is 10.8 Å². The van der Waals surface area contributed by atoms with E-state index in [4.69, 9.17) is 4.74 Å². The molecule has 0 fully saturated rings. The molecule has 1 amide bonds. The number of rotatable bonds is 4. The van der Waals surface area contributed by atoms with E-state index in [1.54, 1.807) is 24.1 Å². The molecule has 0 spiro atoms. The van der Waals surface area contributed by atoms with Crippen molar-refractivity contribution in [2.75, 3.05) is 11.9 Å². The number of benzene rings is 1. The highest BCUT2D eigenvalue weighted by Gasteiger charge is 2.28. The monoisotopic (exact) mass is 334 g/mol. The number of esters is 1. The lowest BCUT2D eigenvalue weighted by Crippen LogP contribution is -2.24. The van der Waals surface area contributed by atoms with Crippen molar-refractivity contribution < 1.29 is 14.3 Å². The summed E-state index contributed by atoms with van der Waals surface area (Å²) in [4.78, 5) is 29.1. The molecule has 0 saturated carbocycles. The van der Waals surface area contributed by atoms with Crippen LogP contribution in [0.4, 0.5) is 5.13 Å². The molecule has 1 N–H and O–H groups in total. The Morgan fingerprint density at radius 3 is 3.00 bits per heavy atom. The molecule has 1 aliphatic heterocycles. The molecule has 7 heteroatoms. The van der Waals surface area contributed by atoms with E-state index in [-0.39, 0.29) is 16.9 Å². The van der Waals surface area contributed by atoms with Gasteiger partial charge in [0.25, 0.3) is 0 Å². The second kappa shape index (κ2) is 6.50.